The standard InChI is InChI=1S/C7H9N5O2/c1-14-6-2-3-7(13)12(10-6)5-4-9-11-8/h2-3H,4-5H2,1H3. The molecule has 0 amide bonds. The van der Waals surface area contributed by atoms with Crippen LogP contribution in [0.25, 0.3) is 10.4 Å². The zero-order valence-corrected chi connectivity index (χ0v) is 7.62. The molecule has 0 N–H and O–H groups in total. The second-order valence-electron chi connectivity index (χ2n) is 2.39. The minimum Gasteiger partial charge on any atom is -0.480 e. The van der Waals surface area contributed by atoms with Gasteiger partial charge in [0.15, 0.2) is 0 Å². The summed E-state index contributed by atoms with van der Waals surface area (Å²) in [5.41, 5.74) is 7.79. The van der Waals surface area contributed by atoms with E-state index in [1.54, 1.807) is 0 Å². The van der Waals surface area contributed by atoms with E-state index in [-0.39, 0.29) is 18.6 Å². The Hall–Kier alpha value is -2.01. The average molecular weight is 195 g/mol. The SMILES string of the molecule is COc1ccc(=O)n(CCN=[N+]=[N-])n1. The van der Waals surface area contributed by atoms with Crippen molar-refractivity contribution >= 4 is 0 Å². The Balaban J connectivity index is 2.83. The summed E-state index contributed by atoms with van der Waals surface area (Å²) in [6.45, 7) is 0.441. The molecule has 0 fully saturated rings. The molecule has 14 heavy (non-hydrogen) atoms. The van der Waals surface area contributed by atoms with Gasteiger partial charge in [-0.15, -0.1) is 5.10 Å². The van der Waals surface area contributed by atoms with Crippen LogP contribution in [0, 0.1) is 0 Å². The van der Waals surface area contributed by atoms with Crippen molar-refractivity contribution in [3.8, 4) is 5.88 Å². The van der Waals surface area contributed by atoms with Gasteiger partial charge in [-0.2, -0.15) is 0 Å². The third-order valence-corrected chi connectivity index (χ3v) is 1.53. The fraction of sp³-hybridized carbons (Fsp3) is 0.429. The highest BCUT2D eigenvalue weighted by Gasteiger charge is 1.98. The van der Waals surface area contributed by atoms with Gasteiger partial charge in [0.05, 0.1) is 13.7 Å². The number of hydrogen-bond acceptors (Lipinski definition) is 4. The zero-order valence-electron chi connectivity index (χ0n) is 7.62. The lowest BCUT2D eigenvalue weighted by Gasteiger charge is -2.03. The van der Waals surface area contributed by atoms with Crippen molar-refractivity contribution in [2.45, 2.75) is 6.54 Å². The third-order valence-electron chi connectivity index (χ3n) is 1.53. The number of ether oxygens (including phenoxy) is 1. The Morgan fingerprint density at radius 1 is 1.71 bits per heavy atom. The fourth-order valence-corrected chi connectivity index (χ4v) is 0.883. The number of rotatable bonds is 4. The van der Waals surface area contributed by atoms with Crippen LogP contribution in [0.4, 0.5) is 0 Å². The molecule has 1 aromatic heterocycles. The largest absolute Gasteiger partial charge is 0.480 e. The molecule has 0 unspecified atom stereocenters. The van der Waals surface area contributed by atoms with E-state index >= 15 is 0 Å². The Bertz CT molecular complexity index is 407. The second kappa shape index (κ2) is 4.88. The summed E-state index contributed by atoms with van der Waals surface area (Å²) < 4.78 is 6.03. The first-order valence-electron chi connectivity index (χ1n) is 3.91. The van der Waals surface area contributed by atoms with Gasteiger partial charge in [0.1, 0.15) is 0 Å². The predicted molar refractivity (Wildman–Crippen MR) is 49.1 cm³/mol. The van der Waals surface area contributed by atoms with E-state index in [1.807, 2.05) is 0 Å². The van der Waals surface area contributed by atoms with Crippen LogP contribution in [0.5, 0.6) is 5.88 Å². The lowest BCUT2D eigenvalue weighted by molar-refractivity contribution is 0.376. The van der Waals surface area contributed by atoms with Gasteiger partial charge in [-0.1, -0.05) is 5.11 Å². The first kappa shape index (κ1) is 10.1. The van der Waals surface area contributed by atoms with E-state index in [2.05, 4.69) is 15.1 Å². The molecule has 1 aromatic rings. The van der Waals surface area contributed by atoms with Crippen LogP contribution >= 0.6 is 0 Å². The smallest absolute Gasteiger partial charge is 0.266 e. The first-order valence-corrected chi connectivity index (χ1v) is 3.91. The third kappa shape index (κ3) is 2.49. The molecule has 0 aliphatic rings. The first-order chi connectivity index (χ1) is 6.77. The molecule has 0 spiro atoms. The van der Waals surface area contributed by atoms with Gasteiger partial charge < -0.3 is 4.74 Å². The highest BCUT2D eigenvalue weighted by atomic mass is 16.5. The maximum Gasteiger partial charge on any atom is 0.266 e. The molecule has 0 aliphatic heterocycles. The monoisotopic (exact) mass is 195 g/mol. The summed E-state index contributed by atoms with van der Waals surface area (Å²) in [6, 6.07) is 2.83. The van der Waals surface area contributed by atoms with Crippen molar-refractivity contribution in [3.05, 3.63) is 32.9 Å². The van der Waals surface area contributed by atoms with Gasteiger partial charge in [0.25, 0.3) is 5.56 Å². The minimum absolute atomic E-state index is 0.191. The summed E-state index contributed by atoms with van der Waals surface area (Å²) >= 11 is 0. The van der Waals surface area contributed by atoms with E-state index in [1.165, 1.54) is 23.9 Å². The van der Waals surface area contributed by atoms with E-state index in [4.69, 9.17) is 10.3 Å². The zero-order chi connectivity index (χ0) is 10.4. The van der Waals surface area contributed by atoms with Gasteiger partial charge in [-0.05, 0) is 5.53 Å². The molecule has 0 saturated carbocycles. The van der Waals surface area contributed by atoms with Crippen LogP contribution in [-0.4, -0.2) is 23.4 Å². The van der Waals surface area contributed by atoms with E-state index in [9.17, 15) is 4.79 Å². The molecule has 0 saturated heterocycles. The highest BCUT2D eigenvalue weighted by Crippen LogP contribution is 1.98. The van der Waals surface area contributed by atoms with Crippen LogP contribution in [0.1, 0.15) is 0 Å². The molecule has 0 aromatic carbocycles. The molecule has 7 heteroatoms. The Morgan fingerprint density at radius 2 is 2.50 bits per heavy atom. The quantitative estimate of drug-likeness (QED) is 0.399. The molecule has 0 radical (unpaired) electrons. The van der Waals surface area contributed by atoms with Crippen molar-refractivity contribution in [1.29, 1.82) is 0 Å². The van der Waals surface area contributed by atoms with Crippen molar-refractivity contribution < 1.29 is 4.74 Å². The summed E-state index contributed by atoms with van der Waals surface area (Å²) in [7, 11) is 1.46. The molecular formula is C7H9N5O2. The van der Waals surface area contributed by atoms with Gasteiger partial charge in [0.2, 0.25) is 5.88 Å². The summed E-state index contributed by atoms with van der Waals surface area (Å²) in [6.07, 6.45) is 0. The van der Waals surface area contributed by atoms with Crippen LogP contribution in [0.3, 0.4) is 0 Å². The molecule has 0 bridgehead atoms. The van der Waals surface area contributed by atoms with Gasteiger partial charge >= 0.3 is 0 Å². The van der Waals surface area contributed by atoms with E-state index in [0.29, 0.717) is 5.88 Å². The normalized spacial score (nSPS) is 9.21. The minimum atomic E-state index is -0.251. The molecule has 0 aliphatic carbocycles. The van der Waals surface area contributed by atoms with Crippen molar-refractivity contribution in [2.24, 2.45) is 5.11 Å². The molecular weight excluding hydrogens is 186 g/mol. The van der Waals surface area contributed by atoms with Crippen LogP contribution < -0.4 is 10.3 Å². The summed E-state index contributed by atoms with van der Waals surface area (Å²) in [5.74, 6) is 0.352. The Labute approximate surface area is 79.6 Å². The summed E-state index contributed by atoms with van der Waals surface area (Å²) in [4.78, 5) is 13.8. The van der Waals surface area contributed by atoms with Gasteiger partial charge in [-0.25, -0.2) is 4.68 Å². The molecule has 1 heterocycles. The molecule has 7 nitrogen and oxygen atoms in total. The lowest BCUT2D eigenvalue weighted by Crippen LogP contribution is -2.23. The summed E-state index contributed by atoms with van der Waals surface area (Å²) in [5, 5.41) is 7.16. The number of nitrogens with zero attached hydrogens (tertiary/aromatic N) is 5. The van der Waals surface area contributed by atoms with E-state index < -0.39 is 0 Å². The average Bonchev–Trinajstić information content (AvgIpc) is 2.21. The van der Waals surface area contributed by atoms with E-state index in [0.717, 1.165) is 0 Å². The number of hydrogen-bond donors (Lipinski definition) is 0. The number of methoxy groups -OCH3 is 1. The van der Waals surface area contributed by atoms with Crippen molar-refractivity contribution in [2.75, 3.05) is 13.7 Å². The Morgan fingerprint density at radius 3 is 3.14 bits per heavy atom. The van der Waals surface area contributed by atoms with Crippen LogP contribution in [0.2, 0.25) is 0 Å². The Kier molecular flexibility index (Phi) is 3.51. The van der Waals surface area contributed by atoms with Gasteiger partial charge in [0, 0.05) is 23.6 Å². The lowest BCUT2D eigenvalue weighted by atomic mass is 10.5. The molecule has 0 atom stereocenters. The van der Waals surface area contributed by atoms with Crippen molar-refractivity contribution in [3.63, 3.8) is 0 Å². The molecule has 1 rings (SSSR count). The van der Waals surface area contributed by atoms with Crippen LogP contribution in [-0.2, 0) is 6.54 Å². The number of aromatic nitrogens is 2. The number of azide groups is 1. The topological polar surface area (TPSA) is 92.9 Å². The maximum absolute atomic E-state index is 11.2. The fourth-order valence-electron chi connectivity index (χ4n) is 0.883. The van der Waals surface area contributed by atoms with Gasteiger partial charge in [-0.3, -0.25) is 4.79 Å². The second-order valence-corrected chi connectivity index (χ2v) is 2.39. The maximum atomic E-state index is 11.2. The van der Waals surface area contributed by atoms with Crippen molar-refractivity contribution in [1.82, 2.24) is 9.78 Å². The predicted octanol–water partition coefficient (Wildman–Crippen LogP) is 0.562. The highest BCUT2D eigenvalue weighted by molar-refractivity contribution is 5.05. The molecule has 74 valence electrons. The van der Waals surface area contributed by atoms with Crippen LogP contribution in [0.15, 0.2) is 22.0 Å².